The van der Waals surface area contributed by atoms with Gasteiger partial charge in [0.15, 0.2) is 0 Å². The molecule has 4 nitrogen and oxygen atoms in total. The first kappa shape index (κ1) is 19.7. The average Bonchev–Trinajstić information content (AvgIpc) is 2.37. The second-order valence-corrected chi connectivity index (χ2v) is 6.24. The van der Waals surface area contributed by atoms with E-state index in [4.69, 9.17) is 9.47 Å². The normalized spacial score (nSPS) is 12.7. The molecule has 0 aliphatic heterocycles. The van der Waals surface area contributed by atoms with Crippen molar-refractivity contribution in [1.82, 2.24) is 0 Å². The Balaban J connectivity index is 5.62. The van der Waals surface area contributed by atoms with Gasteiger partial charge < -0.3 is 9.47 Å². The van der Waals surface area contributed by atoms with E-state index < -0.39 is 11.9 Å². The van der Waals surface area contributed by atoms with Crippen LogP contribution in [0.4, 0.5) is 0 Å². The van der Waals surface area contributed by atoms with Gasteiger partial charge in [-0.25, -0.2) is 9.59 Å². The zero-order valence-electron chi connectivity index (χ0n) is 14.4. The lowest BCUT2D eigenvalue weighted by molar-refractivity contribution is -0.142. The molecule has 0 unspecified atom stereocenters. The van der Waals surface area contributed by atoms with Crippen LogP contribution in [0.5, 0.6) is 0 Å². The van der Waals surface area contributed by atoms with Crippen LogP contribution in [0, 0.1) is 5.41 Å². The van der Waals surface area contributed by atoms with Crippen molar-refractivity contribution in [3.8, 4) is 0 Å². The van der Waals surface area contributed by atoms with E-state index in [9.17, 15) is 9.59 Å². The van der Waals surface area contributed by atoms with Crippen LogP contribution in [0.1, 0.15) is 67.2 Å². The van der Waals surface area contributed by atoms with Crippen molar-refractivity contribution in [3.63, 3.8) is 0 Å². The monoisotopic (exact) mass is 298 g/mol. The minimum Gasteiger partial charge on any atom is -0.463 e. The van der Waals surface area contributed by atoms with Gasteiger partial charge in [-0.15, -0.1) is 0 Å². The topological polar surface area (TPSA) is 52.6 Å². The Hall–Kier alpha value is -1.32. The average molecular weight is 298 g/mol. The zero-order chi connectivity index (χ0) is 16.5. The van der Waals surface area contributed by atoms with Crippen LogP contribution >= 0.6 is 0 Å². The summed E-state index contributed by atoms with van der Waals surface area (Å²) in [6.45, 7) is 12.3. The van der Waals surface area contributed by atoms with Gasteiger partial charge in [0.1, 0.15) is 0 Å². The van der Waals surface area contributed by atoms with Crippen LogP contribution in [0.25, 0.3) is 0 Å². The van der Waals surface area contributed by atoms with Crippen LogP contribution < -0.4 is 0 Å². The highest BCUT2D eigenvalue weighted by atomic mass is 16.5. The smallest absolute Gasteiger partial charge is 0.334 e. The Morgan fingerprint density at radius 3 is 1.71 bits per heavy atom. The SMILES string of the molecule is CCCC/C(C(=O)OCC)=C(\CC(C)(C)C)C(=O)OCC. The highest BCUT2D eigenvalue weighted by Gasteiger charge is 2.26. The fraction of sp³-hybridized carbons (Fsp3) is 0.765. The van der Waals surface area contributed by atoms with E-state index in [1.165, 1.54) is 0 Å². The molecule has 0 aromatic carbocycles. The summed E-state index contributed by atoms with van der Waals surface area (Å²) < 4.78 is 10.3. The Morgan fingerprint density at radius 1 is 0.857 bits per heavy atom. The molecule has 122 valence electrons. The molecular weight excluding hydrogens is 268 g/mol. The van der Waals surface area contributed by atoms with Gasteiger partial charge in [-0.1, -0.05) is 34.1 Å². The van der Waals surface area contributed by atoms with Crippen LogP contribution in [0.15, 0.2) is 11.1 Å². The van der Waals surface area contributed by atoms with E-state index in [0.717, 1.165) is 12.8 Å². The summed E-state index contributed by atoms with van der Waals surface area (Å²) in [5, 5.41) is 0. The van der Waals surface area contributed by atoms with Gasteiger partial charge in [-0.05, 0) is 38.5 Å². The first-order valence-corrected chi connectivity index (χ1v) is 7.83. The van der Waals surface area contributed by atoms with E-state index >= 15 is 0 Å². The number of carbonyl (C=O) groups is 2. The summed E-state index contributed by atoms with van der Waals surface area (Å²) in [5.74, 6) is -0.787. The zero-order valence-corrected chi connectivity index (χ0v) is 14.4. The minimum atomic E-state index is -0.397. The number of rotatable bonds is 8. The third-order valence-electron chi connectivity index (χ3n) is 2.90. The van der Waals surface area contributed by atoms with Crippen molar-refractivity contribution in [1.29, 1.82) is 0 Å². The molecule has 0 atom stereocenters. The lowest BCUT2D eigenvalue weighted by atomic mass is 9.85. The Morgan fingerprint density at radius 2 is 1.33 bits per heavy atom. The number of hydrogen-bond acceptors (Lipinski definition) is 4. The van der Waals surface area contributed by atoms with Gasteiger partial charge in [0, 0.05) is 11.1 Å². The summed E-state index contributed by atoms with van der Waals surface area (Å²) >= 11 is 0. The first-order chi connectivity index (χ1) is 9.76. The van der Waals surface area contributed by atoms with Crippen molar-refractivity contribution in [3.05, 3.63) is 11.1 Å². The second kappa shape index (κ2) is 9.59. The molecule has 0 bridgehead atoms. The summed E-state index contributed by atoms with van der Waals surface area (Å²) in [6.07, 6.45) is 2.86. The molecule has 0 radical (unpaired) electrons. The molecule has 0 N–H and O–H groups in total. The number of esters is 2. The van der Waals surface area contributed by atoms with Gasteiger partial charge in [-0.2, -0.15) is 0 Å². The van der Waals surface area contributed by atoms with E-state index in [1.54, 1.807) is 13.8 Å². The van der Waals surface area contributed by atoms with Crippen molar-refractivity contribution in [2.75, 3.05) is 13.2 Å². The molecule has 0 spiro atoms. The van der Waals surface area contributed by atoms with Gasteiger partial charge in [0.05, 0.1) is 13.2 Å². The standard InChI is InChI=1S/C17H30O4/c1-7-10-11-13(15(18)20-8-2)14(12-17(4,5)6)16(19)21-9-3/h7-12H2,1-6H3/b14-13-. The molecule has 0 saturated heterocycles. The quantitative estimate of drug-likeness (QED) is 0.501. The molecule has 0 aliphatic rings. The maximum absolute atomic E-state index is 12.2. The Labute approximate surface area is 128 Å². The van der Waals surface area contributed by atoms with Gasteiger partial charge >= 0.3 is 11.9 Å². The number of ether oxygens (including phenoxy) is 2. The molecule has 0 amide bonds. The van der Waals surface area contributed by atoms with Gasteiger partial charge in [-0.3, -0.25) is 0 Å². The van der Waals surface area contributed by atoms with Crippen LogP contribution in [-0.4, -0.2) is 25.2 Å². The molecule has 0 aliphatic carbocycles. The third-order valence-corrected chi connectivity index (χ3v) is 2.90. The molecule has 0 saturated carbocycles. The molecule has 0 fully saturated rings. The molecule has 0 aromatic rings. The van der Waals surface area contributed by atoms with Crippen LogP contribution in [0.2, 0.25) is 0 Å². The highest BCUT2D eigenvalue weighted by molar-refractivity contribution is 6.00. The molecule has 0 rings (SSSR count). The molecular formula is C17H30O4. The largest absolute Gasteiger partial charge is 0.463 e. The molecule has 0 aromatic heterocycles. The Kier molecular flexibility index (Phi) is 8.98. The maximum Gasteiger partial charge on any atom is 0.334 e. The fourth-order valence-corrected chi connectivity index (χ4v) is 2.00. The van der Waals surface area contributed by atoms with E-state index in [0.29, 0.717) is 37.2 Å². The van der Waals surface area contributed by atoms with E-state index in [1.807, 2.05) is 20.8 Å². The minimum absolute atomic E-state index is 0.105. The van der Waals surface area contributed by atoms with Crippen molar-refractivity contribution < 1.29 is 19.1 Å². The summed E-state index contributed by atoms with van der Waals surface area (Å²) in [5.41, 5.74) is 0.842. The predicted octanol–water partition coefficient (Wildman–Crippen LogP) is 4.04. The highest BCUT2D eigenvalue weighted by Crippen LogP contribution is 2.29. The third kappa shape index (κ3) is 7.88. The Bertz CT molecular complexity index is 375. The van der Waals surface area contributed by atoms with Crippen LogP contribution in [-0.2, 0) is 19.1 Å². The molecule has 4 heteroatoms. The summed E-state index contributed by atoms with van der Waals surface area (Å²) in [6, 6.07) is 0. The summed E-state index contributed by atoms with van der Waals surface area (Å²) in [7, 11) is 0. The predicted molar refractivity (Wildman–Crippen MR) is 83.9 cm³/mol. The first-order valence-electron chi connectivity index (χ1n) is 7.83. The van der Waals surface area contributed by atoms with Crippen molar-refractivity contribution in [2.24, 2.45) is 5.41 Å². The number of unbranched alkanes of at least 4 members (excludes halogenated alkanes) is 1. The molecule has 0 heterocycles. The number of hydrogen-bond donors (Lipinski definition) is 0. The maximum atomic E-state index is 12.2. The number of carbonyl (C=O) groups excluding carboxylic acids is 2. The fourth-order valence-electron chi connectivity index (χ4n) is 2.00. The molecule has 21 heavy (non-hydrogen) atoms. The lowest BCUT2D eigenvalue weighted by Gasteiger charge is -2.22. The van der Waals surface area contributed by atoms with Crippen molar-refractivity contribution in [2.45, 2.75) is 67.2 Å². The van der Waals surface area contributed by atoms with Gasteiger partial charge in [0.25, 0.3) is 0 Å². The van der Waals surface area contributed by atoms with Gasteiger partial charge in [0.2, 0.25) is 0 Å². The van der Waals surface area contributed by atoms with E-state index in [-0.39, 0.29) is 5.41 Å². The lowest BCUT2D eigenvalue weighted by Crippen LogP contribution is -2.21. The van der Waals surface area contributed by atoms with E-state index in [2.05, 4.69) is 6.92 Å². The summed E-state index contributed by atoms with van der Waals surface area (Å²) in [4.78, 5) is 24.4. The van der Waals surface area contributed by atoms with Crippen LogP contribution in [0.3, 0.4) is 0 Å². The van der Waals surface area contributed by atoms with Crippen molar-refractivity contribution >= 4 is 11.9 Å². The second-order valence-electron chi connectivity index (χ2n) is 6.24.